The van der Waals surface area contributed by atoms with E-state index in [0.29, 0.717) is 25.2 Å². The summed E-state index contributed by atoms with van der Waals surface area (Å²) in [6, 6.07) is 2.19. The minimum Gasteiger partial charge on any atom is -0.369 e. The second-order valence-electron chi connectivity index (χ2n) is 8.01. The van der Waals surface area contributed by atoms with Crippen LogP contribution in [0, 0.1) is 34.0 Å². The summed E-state index contributed by atoms with van der Waals surface area (Å²) in [4.78, 5) is 25.1. The van der Waals surface area contributed by atoms with Gasteiger partial charge in [-0.05, 0) is 49.9 Å². The summed E-state index contributed by atoms with van der Waals surface area (Å²) in [5.74, 6) is -0.553. The van der Waals surface area contributed by atoms with E-state index in [9.17, 15) is 14.9 Å². The molecule has 5 nitrogen and oxygen atoms in total. The number of carbonyl (C=O) groups is 2. The van der Waals surface area contributed by atoms with Gasteiger partial charge in [0.15, 0.2) is 0 Å². The summed E-state index contributed by atoms with van der Waals surface area (Å²) < 4.78 is 0. The van der Waals surface area contributed by atoms with Crippen molar-refractivity contribution in [2.24, 2.45) is 28.4 Å². The Labute approximate surface area is 131 Å². The van der Waals surface area contributed by atoms with Gasteiger partial charge in [-0.25, -0.2) is 0 Å². The number of nitrogens with two attached hydrogens (primary N) is 1. The van der Waals surface area contributed by atoms with Crippen molar-refractivity contribution < 1.29 is 9.59 Å². The lowest BCUT2D eigenvalue weighted by Gasteiger charge is -2.36. The highest BCUT2D eigenvalue weighted by Crippen LogP contribution is 2.77. The monoisotopic (exact) mass is 303 g/mol. The van der Waals surface area contributed by atoms with Crippen molar-refractivity contribution in [1.82, 2.24) is 5.32 Å². The zero-order valence-corrected chi connectivity index (χ0v) is 13.4. The van der Waals surface area contributed by atoms with Gasteiger partial charge in [-0.15, -0.1) is 0 Å². The predicted octanol–water partition coefficient (Wildman–Crippen LogP) is 1.87. The first-order valence-corrected chi connectivity index (χ1v) is 8.34. The molecule has 0 heterocycles. The third-order valence-corrected chi connectivity index (χ3v) is 6.13. The minimum absolute atomic E-state index is 0.0287. The fourth-order valence-electron chi connectivity index (χ4n) is 4.45. The van der Waals surface area contributed by atoms with Gasteiger partial charge in [0.05, 0.1) is 17.4 Å². The molecule has 0 aromatic carbocycles. The van der Waals surface area contributed by atoms with Crippen molar-refractivity contribution >= 4 is 11.8 Å². The van der Waals surface area contributed by atoms with Crippen LogP contribution < -0.4 is 11.1 Å². The van der Waals surface area contributed by atoms with Crippen LogP contribution in [0.25, 0.3) is 0 Å². The topological polar surface area (TPSA) is 96.0 Å². The molecule has 3 fully saturated rings. The lowest BCUT2D eigenvalue weighted by atomic mass is 9.68. The Kier molecular flexibility index (Phi) is 3.28. The Bertz CT molecular complexity index is 555. The van der Waals surface area contributed by atoms with E-state index < -0.39 is 16.9 Å². The zero-order valence-electron chi connectivity index (χ0n) is 13.4. The zero-order chi connectivity index (χ0) is 16.2. The number of carbonyl (C=O) groups excluding carboxylic acids is 2. The maximum Gasteiger partial charge on any atom is 0.225 e. The predicted molar refractivity (Wildman–Crippen MR) is 81.2 cm³/mol. The molecule has 3 saturated carbocycles. The smallest absolute Gasteiger partial charge is 0.225 e. The van der Waals surface area contributed by atoms with Crippen LogP contribution in [0.5, 0.6) is 0 Å². The number of hydrogen-bond acceptors (Lipinski definition) is 3. The molecule has 0 aromatic rings. The van der Waals surface area contributed by atoms with Gasteiger partial charge in [0, 0.05) is 0 Å². The average molecular weight is 303 g/mol. The summed E-state index contributed by atoms with van der Waals surface area (Å²) in [6.07, 6.45) is 5.93. The fourth-order valence-corrected chi connectivity index (χ4v) is 4.45. The number of nitrogens with zero attached hydrogens (tertiary/aromatic N) is 1. The van der Waals surface area contributed by atoms with E-state index >= 15 is 0 Å². The van der Waals surface area contributed by atoms with Crippen molar-refractivity contribution in [2.45, 2.75) is 64.3 Å². The summed E-state index contributed by atoms with van der Waals surface area (Å²) in [6.45, 7) is 4.12. The molecule has 1 spiro atoms. The molecule has 3 N–H and O–H groups in total. The molecule has 0 aliphatic heterocycles. The molecule has 22 heavy (non-hydrogen) atoms. The van der Waals surface area contributed by atoms with Crippen LogP contribution in [-0.2, 0) is 9.59 Å². The SMILES string of the molecule is CC(C)C[C@H](C(=O)NC1(C#N)CC1)C1(C(N)=O)CC12CCC2. The van der Waals surface area contributed by atoms with Gasteiger partial charge in [-0.3, -0.25) is 9.59 Å². The molecule has 3 aliphatic carbocycles. The third-order valence-electron chi connectivity index (χ3n) is 6.13. The summed E-state index contributed by atoms with van der Waals surface area (Å²) >= 11 is 0. The van der Waals surface area contributed by atoms with Gasteiger partial charge in [0.1, 0.15) is 5.54 Å². The Morgan fingerprint density at radius 1 is 1.27 bits per heavy atom. The van der Waals surface area contributed by atoms with Crippen LogP contribution in [0.1, 0.15) is 58.8 Å². The standard InChI is InChI=1S/C17H25N3O2/c1-11(2)8-12(13(21)20-16(10-18)6-7-16)17(14(19)22)9-15(17)4-3-5-15/h11-12H,3-9H2,1-2H3,(H2,19,22)(H,20,21)/t12-,17?/m1/s1. The van der Waals surface area contributed by atoms with Gasteiger partial charge in [0.25, 0.3) is 0 Å². The van der Waals surface area contributed by atoms with Gasteiger partial charge < -0.3 is 11.1 Å². The molecule has 3 aliphatic rings. The number of amides is 2. The Morgan fingerprint density at radius 2 is 1.91 bits per heavy atom. The van der Waals surface area contributed by atoms with E-state index in [2.05, 4.69) is 25.2 Å². The Hall–Kier alpha value is -1.57. The number of primary amides is 1. The maximum atomic E-state index is 12.8. The van der Waals surface area contributed by atoms with Crippen molar-refractivity contribution in [2.75, 3.05) is 0 Å². The second kappa shape index (κ2) is 4.71. The molecule has 2 amide bonds. The van der Waals surface area contributed by atoms with Crippen LogP contribution in [-0.4, -0.2) is 17.4 Å². The van der Waals surface area contributed by atoms with Crippen molar-refractivity contribution in [1.29, 1.82) is 5.26 Å². The van der Waals surface area contributed by atoms with E-state index in [0.717, 1.165) is 25.7 Å². The molecular formula is C17H25N3O2. The van der Waals surface area contributed by atoms with E-state index in [1.54, 1.807) is 0 Å². The molecule has 1 unspecified atom stereocenters. The number of nitrogens with one attached hydrogen (secondary N) is 1. The van der Waals surface area contributed by atoms with Gasteiger partial charge in [-0.2, -0.15) is 5.26 Å². The fraction of sp³-hybridized carbons (Fsp3) is 0.824. The van der Waals surface area contributed by atoms with Crippen molar-refractivity contribution in [3.8, 4) is 6.07 Å². The third kappa shape index (κ3) is 2.04. The van der Waals surface area contributed by atoms with Crippen LogP contribution >= 0.6 is 0 Å². The quantitative estimate of drug-likeness (QED) is 0.784. The average Bonchev–Trinajstić information content (AvgIpc) is 3.28. The van der Waals surface area contributed by atoms with E-state index in [1.165, 1.54) is 0 Å². The molecule has 0 aromatic heterocycles. The lowest BCUT2D eigenvalue weighted by Crippen LogP contribution is -2.49. The number of hydrogen-bond donors (Lipinski definition) is 2. The molecule has 120 valence electrons. The molecule has 2 atom stereocenters. The van der Waals surface area contributed by atoms with Gasteiger partial charge in [0.2, 0.25) is 11.8 Å². The van der Waals surface area contributed by atoms with Crippen LogP contribution in [0.4, 0.5) is 0 Å². The van der Waals surface area contributed by atoms with Crippen molar-refractivity contribution in [3.05, 3.63) is 0 Å². The Morgan fingerprint density at radius 3 is 2.23 bits per heavy atom. The molecular weight excluding hydrogens is 278 g/mol. The van der Waals surface area contributed by atoms with Crippen LogP contribution in [0.3, 0.4) is 0 Å². The first-order chi connectivity index (χ1) is 10.3. The van der Waals surface area contributed by atoms with Crippen molar-refractivity contribution in [3.63, 3.8) is 0 Å². The Balaban J connectivity index is 1.85. The van der Waals surface area contributed by atoms with Gasteiger partial charge in [-0.1, -0.05) is 20.3 Å². The van der Waals surface area contributed by atoms with Gasteiger partial charge >= 0.3 is 0 Å². The first-order valence-electron chi connectivity index (χ1n) is 8.34. The molecule has 0 bridgehead atoms. The summed E-state index contributed by atoms with van der Waals surface area (Å²) in [5.41, 5.74) is 4.37. The van der Waals surface area contributed by atoms with E-state index in [1.807, 2.05) is 0 Å². The summed E-state index contributed by atoms with van der Waals surface area (Å²) in [7, 11) is 0. The van der Waals surface area contributed by atoms with Crippen LogP contribution in [0.2, 0.25) is 0 Å². The van der Waals surface area contributed by atoms with E-state index in [4.69, 9.17) is 5.73 Å². The normalized spacial score (nSPS) is 31.0. The number of nitriles is 1. The minimum atomic E-state index is -0.688. The molecule has 0 saturated heterocycles. The molecule has 0 radical (unpaired) electrons. The van der Waals surface area contributed by atoms with Crippen LogP contribution in [0.15, 0.2) is 0 Å². The van der Waals surface area contributed by atoms with E-state index in [-0.39, 0.29) is 17.2 Å². The largest absolute Gasteiger partial charge is 0.369 e. The summed E-state index contributed by atoms with van der Waals surface area (Å²) in [5, 5.41) is 12.1. The molecule has 3 rings (SSSR count). The maximum absolute atomic E-state index is 12.8. The lowest BCUT2D eigenvalue weighted by molar-refractivity contribution is -0.138. The first kappa shape index (κ1) is 15.3. The second-order valence-corrected chi connectivity index (χ2v) is 8.01. The number of rotatable bonds is 6. The highest BCUT2D eigenvalue weighted by Gasteiger charge is 2.76. The molecule has 5 heteroatoms. The highest BCUT2D eigenvalue weighted by molar-refractivity contribution is 5.94. The highest BCUT2D eigenvalue weighted by atomic mass is 16.2.